The van der Waals surface area contributed by atoms with Gasteiger partial charge >= 0.3 is 0 Å². The van der Waals surface area contributed by atoms with Crippen LogP contribution in [0.2, 0.25) is 0 Å². The van der Waals surface area contributed by atoms with Gasteiger partial charge in [-0.15, -0.1) is 0 Å². The molecule has 304 valence electrons. The number of aromatic hydroxyl groups is 9. The molecule has 11 N–H and O–H groups in total. The highest BCUT2D eigenvalue weighted by atomic mass is 16.5. The highest BCUT2D eigenvalue weighted by Crippen LogP contribution is 2.59. The maximum Gasteiger partial charge on any atom is 0.172 e. The van der Waals surface area contributed by atoms with Gasteiger partial charge < -0.3 is 70.4 Å². The Morgan fingerprint density at radius 1 is 0.707 bits per heavy atom. The molecule has 0 amide bonds. The molecule has 2 heterocycles. The lowest BCUT2D eigenvalue weighted by Crippen LogP contribution is -2.37. The van der Waals surface area contributed by atoms with E-state index in [1.165, 1.54) is 56.5 Å². The summed E-state index contributed by atoms with van der Waals surface area (Å²) in [6.07, 6.45) is -6.43. The SMILES string of the molecule is COc1c(C)c(O)c(Cc2c(O)cc(O)c3c2O[C@H](c2ccc(O)cc2)[C@@H](O)[C@@H]3c2c(O)cc(O)c3c2O[C@H](c2ccc(O)c(O)c2)[C@H](O)C3)c(O)c1C(=O)C(C)C. The zero-order valence-corrected chi connectivity index (χ0v) is 31.6. The van der Waals surface area contributed by atoms with Gasteiger partial charge in [-0.25, -0.2) is 0 Å². The van der Waals surface area contributed by atoms with Crippen molar-refractivity contribution in [1.29, 1.82) is 0 Å². The molecule has 7 rings (SSSR count). The Morgan fingerprint density at radius 3 is 1.93 bits per heavy atom. The lowest BCUT2D eigenvalue weighted by Gasteiger charge is -2.41. The first-order valence-corrected chi connectivity index (χ1v) is 18.3. The van der Waals surface area contributed by atoms with Crippen molar-refractivity contribution in [2.75, 3.05) is 7.11 Å². The van der Waals surface area contributed by atoms with Gasteiger partial charge in [-0.3, -0.25) is 4.79 Å². The standard InChI is InChI=1S/C43H42O15/c1-16(2)35(52)34-37(54)23(36(53)17(3)39(34)56-4)12-21-25(46)14-28(49)31-33(38(55)41(58-42(21)31)18-5-8-20(44)9-6-18)32-29(50)15-26(47)22-13-30(51)40(57-43(22)32)19-7-10-24(45)27(48)11-19/h5-11,14-16,30,33,38,40-41,44-51,53-55H,12-13H2,1-4H3/t30-,33+,38+,40-,41-/m1/s1. The minimum Gasteiger partial charge on any atom is -0.508 e. The van der Waals surface area contributed by atoms with Crippen molar-refractivity contribution in [2.24, 2.45) is 5.92 Å². The molecule has 0 bridgehead atoms. The van der Waals surface area contributed by atoms with Gasteiger partial charge in [0.1, 0.15) is 75.3 Å². The van der Waals surface area contributed by atoms with E-state index in [2.05, 4.69) is 0 Å². The summed E-state index contributed by atoms with van der Waals surface area (Å²) in [5, 5.41) is 123. The Bertz CT molecular complexity index is 2460. The summed E-state index contributed by atoms with van der Waals surface area (Å²) in [6.45, 7) is 4.71. The zero-order valence-electron chi connectivity index (χ0n) is 31.6. The highest BCUT2D eigenvalue weighted by molar-refractivity contribution is 6.03. The number of phenolic OH excluding ortho intramolecular Hbond substituents is 9. The predicted octanol–water partition coefficient (Wildman–Crippen LogP) is 5.45. The number of aliphatic hydroxyl groups is 2. The number of methoxy groups -OCH3 is 1. The second-order valence-corrected chi connectivity index (χ2v) is 14.8. The Hall–Kier alpha value is -6.71. The van der Waals surface area contributed by atoms with E-state index in [9.17, 15) is 61.0 Å². The third kappa shape index (κ3) is 6.37. The second-order valence-electron chi connectivity index (χ2n) is 14.8. The summed E-state index contributed by atoms with van der Waals surface area (Å²) in [6, 6.07) is 11.2. The Kier molecular flexibility index (Phi) is 9.99. The third-order valence-corrected chi connectivity index (χ3v) is 10.9. The van der Waals surface area contributed by atoms with Crippen molar-refractivity contribution < 1.29 is 75.2 Å². The minimum atomic E-state index is -1.70. The zero-order chi connectivity index (χ0) is 42.1. The number of carbonyl (C=O) groups excluding carboxylic acids is 1. The number of benzene rings is 5. The maximum absolute atomic E-state index is 13.4. The molecule has 0 aliphatic carbocycles. The molecule has 0 unspecified atom stereocenters. The molecule has 2 aliphatic heterocycles. The fraction of sp³-hybridized carbons (Fsp3) is 0.279. The molecule has 15 heteroatoms. The van der Waals surface area contributed by atoms with Crippen LogP contribution in [0.15, 0.2) is 54.6 Å². The van der Waals surface area contributed by atoms with Gasteiger partial charge in [-0.2, -0.15) is 0 Å². The van der Waals surface area contributed by atoms with Crippen molar-refractivity contribution in [3.05, 3.63) is 105 Å². The summed E-state index contributed by atoms with van der Waals surface area (Å²) in [5.41, 5.74) is -0.311. The highest BCUT2D eigenvalue weighted by Gasteiger charge is 2.47. The molecule has 0 fully saturated rings. The number of rotatable bonds is 8. The van der Waals surface area contributed by atoms with Gasteiger partial charge in [0, 0.05) is 64.3 Å². The third-order valence-electron chi connectivity index (χ3n) is 10.9. The molecule has 0 saturated heterocycles. The molecule has 0 spiro atoms. The molecule has 0 saturated carbocycles. The Morgan fingerprint density at radius 2 is 1.31 bits per heavy atom. The molecule has 5 aromatic rings. The van der Waals surface area contributed by atoms with Crippen molar-refractivity contribution in [1.82, 2.24) is 0 Å². The first kappa shape index (κ1) is 39.5. The Labute approximate surface area is 331 Å². The van der Waals surface area contributed by atoms with Crippen LogP contribution in [0.4, 0.5) is 0 Å². The summed E-state index contributed by atoms with van der Waals surface area (Å²) >= 11 is 0. The normalized spacial score (nSPS) is 19.8. The number of ether oxygens (including phenoxy) is 3. The largest absolute Gasteiger partial charge is 0.508 e. The molecule has 0 aromatic heterocycles. The van der Waals surface area contributed by atoms with Gasteiger partial charge in [0.05, 0.1) is 19.1 Å². The fourth-order valence-corrected chi connectivity index (χ4v) is 7.94. The molecule has 5 aromatic carbocycles. The van der Waals surface area contributed by atoms with E-state index in [-0.39, 0.29) is 79.5 Å². The van der Waals surface area contributed by atoms with Crippen LogP contribution >= 0.6 is 0 Å². The van der Waals surface area contributed by atoms with Crippen molar-refractivity contribution in [2.45, 2.75) is 63.9 Å². The second kappa shape index (κ2) is 14.7. The number of phenols is 9. The minimum absolute atomic E-state index is 0.0189. The number of hydrogen-bond donors (Lipinski definition) is 11. The fourth-order valence-electron chi connectivity index (χ4n) is 7.94. The molecule has 5 atom stereocenters. The Balaban J connectivity index is 1.48. The quantitative estimate of drug-likeness (QED) is 0.0689. The van der Waals surface area contributed by atoms with Crippen LogP contribution in [0.1, 0.15) is 86.8 Å². The van der Waals surface area contributed by atoms with Crippen LogP contribution in [0.5, 0.6) is 69.0 Å². The van der Waals surface area contributed by atoms with E-state index < -0.39 is 94.5 Å². The maximum atomic E-state index is 13.4. The number of carbonyl (C=O) groups is 1. The van der Waals surface area contributed by atoms with Crippen LogP contribution in [0.3, 0.4) is 0 Å². The van der Waals surface area contributed by atoms with Crippen molar-refractivity contribution >= 4 is 5.78 Å². The van der Waals surface area contributed by atoms with Crippen LogP contribution in [-0.2, 0) is 12.8 Å². The molecule has 15 nitrogen and oxygen atoms in total. The average molecular weight is 799 g/mol. The number of ketones is 1. The van der Waals surface area contributed by atoms with Crippen LogP contribution in [-0.4, -0.2) is 81.3 Å². The van der Waals surface area contributed by atoms with E-state index in [0.717, 1.165) is 12.1 Å². The smallest absolute Gasteiger partial charge is 0.172 e. The predicted molar refractivity (Wildman–Crippen MR) is 205 cm³/mol. The van der Waals surface area contributed by atoms with Crippen molar-refractivity contribution in [3.63, 3.8) is 0 Å². The van der Waals surface area contributed by atoms with Crippen LogP contribution in [0.25, 0.3) is 0 Å². The first-order valence-electron chi connectivity index (χ1n) is 18.3. The topological polar surface area (TPSA) is 267 Å². The summed E-state index contributed by atoms with van der Waals surface area (Å²) in [7, 11) is 1.28. The van der Waals surface area contributed by atoms with Crippen LogP contribution < -0.4 is 14.2 Å². The van der Waals surface area contributed by atoms with Gasteiger partial charge in [-0.1, -0.05) is 32.0 Å². The first-order chi connectivity index (χ1) is 27.4. The van der Waals surface area contributed by atoms with E-state index in [0.29, 0.717) is 0 Å². The lowest BCUT2D eigenvalue weighted by atomic mass is 9.76. The monoisotopic (exact) mass is 798 g/mol. The number of Topliss-reactive ketones (excluding diaryl/α,β-unsaturated/α-hetero) is 1. The molecular weight excluding hydrogens is 756 g/mol. The van der Waals surface area contributed by atoms with E-state index in [1.807, 2.05) is 0 Å². The van der Waals surface area contributed by atoms with Gasteiger partial charge in [0.25, 0.3) is 0 Å². The number of fused-ring (bicyclic) bond motifs is 2. The average Bonchev–Trinajstić information content (AvgIpc) is 3.17. The molecule has 58 heavy (non-hydrogen) atoms. The van der Waals surface area contributed by atoms with Gasteiger partial charge in [0.15, 0.2) is 23.4 Å². The lowest BCUT2D eigenvalue weighted by molar-refractivity contribution is 0.000746. The molecular formula is C43H42O15. The summed E-state index contributed by atoms with van der Waals surface area (Å²) in [4.78, 5) is 13.4. The van der Waals surface area contributed by atoms with Gasteiger partial charge in [-0.05, 0) is 42.3 Å². The molecule has 0 radical (unpaired) electrons. The van der Waals surface area contributed by atoms with E-state index >= 15 is 0 Å². The van der Waals surface area contributed by atoms with Crippen LogP contribution in [0, 0.1) is 12.8 Å². The van der Waals surface area contributed by atoms with E-state index in [4.69, 9.17) is 14.2 Å². The van der Waals surface area contributed by atoms with E-state index in [1.54, 1.807) is 13.8 Å². The van der Waals surface area contributed by atoms with Gasteiger partial charge in [0.2, 0.25) is 0 Å². The molecule has 2 aliphatic rings. The summed E-state index contributed by atoms with van der Waals surface area (Å²) in [5.74, 6) is -7.59. The van der Waals surface area contributed by atoms with Crippen molar-refractivity contribution in [3.8, 4) is 69.0 Å². The number of hydrogen-bond acceptors (Lipinski definition) is 15. The summed E-state index contributed by atoms with van der Waals surface area (Å²) < 4.78 is 18.2. The number of aliphatic hydroxyl groups excluding tert-OH is 2.